The average molecular weight is 476 g/mol. The van der Waals surface area contributed by atoms with Crippen molar-refractivity contribution in [2.75, 3.05) is 23.4 Å². The fourth-order valence-corrected chi connectivity index (χ4v) is 4.26. The molecule has 6 nitrogen and oxygen atoms in total. The number of para-hydroxylation sites is 2. The van der Waals surface area contributed by atoms with Crippen LogP contribution in [0.25, 0.3) is 0 Å². The van der Waals surface area contributed by atoms with Gasteiger partial charge in [0.05, 0.1) is 23.7 Å². The van der Waals surface area contributed by atoms with Crippen LogP contribution in [0, 0.1) is 0 Å². The Hall–Kier alpha value is -3.64. The first-order chi connectivity index (χ1) is 16.5. The fourth-order valence-electron chi connectivity index (χ4n) is 4.09. The maximum Gasteiger partial charge on any atom is 0.249 e. The minimum absolute atomic E-state index is 0.0736. The van der Waals surface area contributed by atoms with Gasteiger partial charge in [-0.25, -0.2) is 0 Å². The Morgan fingerprint density at radius 2 is 1.82 bits per heavy atom. The highest BCUT2D eigenvalue weighted by atomic mass is 35.5. The number of nitrogens with one attached hydrogen (secondary N) is 1. The summed E-state index contributed by atoms with van der Waals surface area (Å²) < 4.78 is 5.64. The van der Waals surface area contributed by atoms with Crippen LogP contribution in [-0.4, -0.2) is 36.7 Å². The monoisotopic (exact) mass is 475 g/mol. The smallest absolute Gasteiger partial charge is 0.249 e. The minimum Gasteiger partial charge on any atom is -0.492 e. The number of benzene rings is 3. The number of carbonyl (C=O) groups is 2. The Balaban J connectivity index is 1.74. The van der Waals surface area contributed by atoms with Crippen molar-refractivity contribution in [1.29, 1.82) is 0 Å². The molecule has 0 radical (unpaired) electrons. The summed E-state index contributed by atoms with van der Waals surface area (Å²) in [4.78, 5) is 33.0. The molecule has 1 heterocycles. The summed E-state index contributed by atoms with van der Waals surface area (Å²) in [5.74, 6) is 0.0268. The highest BCUT2D eigenvalue weighted by molar-refractivity contribution is 6.32. The second-order valence-corrected chi connectivity index (χ2v) is 8.23. The maximum atomic E-state index is 13.5. The van der Waals surface area contributed by atoms with Crippen molar-refractivity contribution < 1.29 is 14.3 Å². The molecule has 1 atom stereocenters. The van der Waals surface area contributed by atoms with E-state index in [0.29, 0.717) is 46.4 Å². The lowest BCUT2D eigenvalue weighted by Crippen LogP contribution is -2.48. The largest absolute Gasteiger partial charge is 0.492 e. The van der Waals surface area contributed by atoms with Crippen molar-refractivity contribution in [2.24, 2.45) is 4.99 Å². The lowest BCUT2D eigenvalue weighted by Gasteiger charge is -2.30. The third-order valence-electron chi connectivity index (χ3n) is 5.61. The molecular formula is C27H26ClN3O3. The van der Waals surface area contributed by atoms with Gasteiger partial charge in [0.2, 0.25) is 11.8 Å². The zero-order valence-electron chi connectivity index (χ0n) is 19.1. The van der Waals surface area contributed by atoms with Gasteiger partial charge in [-0.15, -0.1) is 0 Å². The van der Waals surface area contributed by atoms with Crippen LogP contribution in [0.5, 0.6) is 5.75 Å². The Bertz CT molecular complexity index is 1230. The first-order valence-electron chi connectivity index (χ1n) is 11.3. The molecule has 0 fully saturated rings. The van der Waals surface area contributed by atoms with E-state index in [9.17, 15) is 9.59 Å². The molecule has 7 heteroatoms. The summed E-state index contributed by atoms with van der Waals surface area (Å²) in [7, 11) is 0. The lowest BCUT2D eigenvalue weighted by atomic mass is 9.99. The number of hydrogen-bond donors (Lipinski definition) is 1. The number of rotatable bonds is 7. The quantitative estimate of drug-likeness (QED) is 0.501. The Morgan fingerprint density at radius 1 is 1.09 bits per heavy atom. The van der Waals surface area contributed by atoms with E-state index in [1.54, 1.807) is 35.2 Å². The van der Waals surface area contributed by atoms with Gasteiger partial charge in [0, 0.05) is 16.1 Å². The third kappa shape index (κ3) is 4.82. The third-order valence-corrected chi connectivity index (χ3v) is 5.84. The van der Waals surface area contributed by atoms with E-state index in [-0.39, 0.29) is 18.4 Å². The molecule has 0 saturated heterocycles. The maximum absolute atomic E-state index is 13.5. The van der Waals surface area contributed by atoms with Crippen molar-refractivity contribution in [2.45, 2.75) is 26.3 Å². The molecule has 1 aliphatic rings. The Kier molecular flexibility index (Phi) is 7.28. The zero-order valence-corrected chi connectivity index (χ0v) is 19.9. The predicted octanol–water partition coefficient (Wildman–Crippen LogP) is 5.34. The molecule has 0 aromatic heterocycles. The number of aliphatic imine (C=N–C) groups is 1. The summed E-state index contributed by atoms with van der Waals surface area (Å²) in [6.45, 7) is 4.17. The predicted molar refractivity (Wildman–Crippen MR) is 136 cm³/mol. The van der Waals surface area contributed by atoms with E-state index in [1.807, 2.05) is 56.3 Å². The second kappa shape index (κ2) is 10.5. The van der Waals surface area contributed by atoms with E-state index in [4.69, 9.17) is 16.3 Å². The summed E-state index contributed by atoms with van der Waals surface area (Å²) in [5.41, 5.74) is 3.43. The van der Waals surface area contributed by atoms with E-state index in [0.717, 1.165) is 5.56 Å². The van der Waals surface area contributed by atoms with Gasteiger partial charge in [-0.3, -0.25) is 19.5 Å². The highest BCUT2D eigenvalue weighted by Gasteiger charge is 2.34. The number of ether oxygens (including phenoxy) is 1. The standard InChI is InChI=1S/C27H26ClN3O3/c1-3-22(27(33)30-21-12-8-9-13-24(21)34-4-2)31-23-15-14-19(28)16-20(23)26(29-17-25(31)32)18-10-6-5-7-11-18/h5-16,22H,3-4,17H2,1-2H3,(H,30,33). The molecule has 0 saturated carbocycles. The van der Waals surface area contributed by atoms with Crippen molar-refractivity contribution >= 4 is 40.5 Å². The zero-order chi connectivity index (χ0) is 24.1. The first-order valence-corrected chi connectivity index (χ1v) is 11.7. The van der Waals surface area contributed by atoms with Gasteiger partial charge in [-0.05, 0) is 43.7 Å². The molecule has 1 aliphatic heterocycles. The molecule has 1 unspecified atom stereocenters. The molecule has 4 rings (SSSR count). The van der Waals surface area contributed by atoms with E-state index < -0.39 is 6.04 Å². The topological polar surface area (TPSA) is 71.0 Å². The average Bonchev–Trinajstić information content (AvgIpc) is 2.98. The molecule has 3 aromatic carbocycles. The number of hydrogen-bond acceptors (Lipinski definition) is 4. The summed E-state index contributed by atoms with van der Waals surface area (Å²) in [5, 5.41) is 3.48. The fraction of sp³-hybridized carbons (Fsp3) is 0.222. The second-order valence-electron chi connectivity index (χ2n) is 7.80. The summed E-state index contributed by atoms with van der Waals surface area (Å²) in [6, 6.07) is 21.5. The van der Waals surface area contributed by atoms with Gasteiger partial charge in [-0.1, -0.05) is 61.0 Å². The normalized spacial score (nSPS) is 14.0. The first kappa shape index (κ1) is 23.5. The van der Waals surface area contributed by atoms with E-state index in [1.165, 1.54) is 0 Å². The number of anilines is 2. The minimum atomic E-state index is -0.743. The number of fused-ring (bicyclic) bond motifs is 1. The molecule has 34 heavy (non-hydrogen) atoms. The number of amides is 2. The molecule has 0 aliphatic carbocycles. The Labute approximate surface area is 204 Å². The van der Waals surface area contributed by atoms with Crippen molar-refractivity contribution in [1.82, 2.24) is 0 Å². The van der Waals surface area contributed by atoms with Crippen LogP contribution in [0.15, 0.2) is 77.8 Å². The molecule has 0 bridgehead atoms. The molecule has 2 amide bonds. The van der Waals surface area contributed by atoms with E-state index >= 15 is 0 Å². The Morgan fingerprint density at radius 3 is 2.56 bits per heavy atom. The molecule has 1 N–H and O–H groups in total. The van der Waals surface area contributed by atoms with Crippen molar-refractivity contribution in [3.05, 3.63) is 88.9 Å². The van der Waals surface area contributed by atoms with Gasteiger partial charge < -0.3 is 10.1 Å². The number of halogens is 1. The van der Waals surface area contributed by atoms with E-state index in [2.05, 4.69) is 10.3 Å². The summed E-state index contributed by atoms with van der Waals surface area (Å²) in [6.07, 6.45) is 0.414. The van der Waals surface area contributed by atoms with Gasteiger partial charge >= 0.3 is 0 Å². The SMILES string of the molecule is CCOc1ccccc1NC(=O)C(CC)N1C(=O)CN=C(c2ccccc2)c2cc(Cl)ccc21. The number of nitrogens with zero attached hydrogens (tertiary/aromatic N) is 2. The van der Waals surface area contributed by atoms with Crippen LogP contribution >= 0.6 is 11.6 Å². The van der Waals surface area contributed by atoms with Crippen LogP contribution in [0.2, 0.25) is 5.02 Å². The molecule has 3 aromatic rings. The summed E-state index contributed by atoms with van der Waals surface area (Å²) >= 11 is 6.35. The van der Waals surface area contributed by atoms with Crippen LogP contribution in [0.4, 0.5) is 11.4 Å². The lowest BCUT2D eigenvalue weighted by molar-refractivity contribution is -0.123. The van der Waals surface area contributed by atoms with Crippen LogP contribution in [0.1, 0.15) is 31.4 Å². The number of benzodiazepines with no additional fused rings is 1. The van der Waals surface area contributed by atoms with Gasteiger partial charge in [-0.2, -0.15) is 0 Å². The van der Waals surface area contributed by atoms with Gasteiger partial charge in [0.25, 0.3) is 0 Å². The molecular weight excluding hydrogens is 450 g/mol. The van der Waals surface area contributed by atoms with Crippen LogP contribution < -0.4 is 15.0 Å². The van der Waals surface area contributed by atoms with Gasteiger partial charge in [0.15, 0.2) is 0 Å². The number of carbonyl (C=O) groups excluding carboxylic acids is 2. The highest BCUT2D eigenvalue weighted by Crippen LogP contribution is 2.32. The molecule has 174 valence electrons. The molecule has 0 spiro atoms. The van der Waals surface area contributed by atoms with Crippen LogP contribution in [0.3, 0.4) is 0 Å². The van der Waals surface area contributed by atoms with Crippen molar-refractivity contribution in [3.8, 4) is 5.75 Å². The van der Waals surface area contributed by atoms with Crippen molar-refractivity contribution in [3.63, 3.8) is 0 Å². The van der Waals surface area contributed by atoms with Crippen LogP contribution in [-0.2, 0) is 9.59 Å². The van der Waals surface area contributed by atoms with Gasteiger partial charge in [0.1, 0.15) is 18.3 Å².